The first kappa shape index (κ1) is 19.8. The molecule has 0 aliphatic carbocycles. The summed E-state index contributed by atoms with van der Waals surface area (Å²) in [6.45, 7) is -0.423. The van der Waals surface area contributed by atoms with E-state index in [1.807, 2.05) is 4.90 Å². The van der Waals surface area contributed by atoms with Gasteiger partial charge in [0, 0.05) is 36.8 Å². The SMILES string of the molecule is CN(CC(=O)O)CC1CN(Cc2cc(Cl)ccc2OC(F)F)CCO1. The molecule has 1 fully saturated rings. The summed E-state index contributed by atoms with van der Waals surface area (Å²) < 4.78 is 35.3. The number of carbonyl (C=O) groups is 1. The van der Waals surface area contributed by atoms with E-state index in [-0.39, 0.29) is 18.4 Å². The molecule has 6 nitrogen and oxygen atoms in total. The first-order valence-electron chi connectivity index (χ1n) is 7.81. The molecule has 25 heavy (non-hydrogen) atoms. The number of alkyl halides is 2. The Labute approximate surface area is 149 Å². The molecule has 0 amide bonds. The fourth-order valence-electron chi connectivity index (χ4n) is 2.80. The third-order valence-corrected chi connectivity index (χ3v) is 4.01. The van der Waals surface area contributed by atoms with Gasteiger partial charge in [-0.15, -0.1) is 0 Å². The summed E-state index contributed by atoms with van der Waals surface area (Å²) in [5, 5.41) is 9.25. The number of morpholine rings is 1. The van der Waals surface area contributed by atoms with Gasteiger partial charge in [-0.1, -0.05) is 11.6 Å². The summed E-state index contributed by atoms with van der Waals surface area (Å²) in [4.78, 5) is 14.5. The Morgan fingerprint density at radius 1 is 1.56 bits per heavy atom. The topological polar surface area (TPSA) is 62.2 Å². The third-order valence-electron chi connectivity index (χ3n) is 3.78. The summed E-state index contributed by atoms with van der Waals surface area (Å²) in [6.07, 6.45) is -0.156. The number of halogens is 3. The lowest BCUT2D eigenvalue weighted by Gasteiger charge is -2.34. The zero-order valence-electron chi connectivity index (χ0n) is 13.8. The molecule has 1 aliphatic rings. The maximum absolute atomic E-state index is 12.5. The van der Waals surface area contributed by atoms with Crippen molar-refractivity contribution in [2.75, 3.05) is 39.8 Å². The fraction of sp³-hybridized carbons (Fsp3) is 0.562. The molecular weight excluding hydrogens is 358 g/mol. The molecule has 1 heterocycles. The third kappa shape index (κ3) is 6.74. The first-order chi connectivity index (χ1) is 11.8. The number of likely N-dealkylation sites (N-methyl/N-ethyl adjacent to an activating group) is 1. The van der Waals surface area contributed by atoms with Gasteiger partial charge in [0.25, 0.3) is 0 Å². The van der Waals surface area contributed by atoms with Gasteiger partial charge >= 0.3 is 12.6 Å². The van der Waals surface area contributed by atoms with E-state index < -0.39 is 12.6 Å². The van der Waals surface area contributed by atoms with E-state index in [0.29, 0.717) is 43.4 Å². The molecule has 2 rings (SSSR count). The molecule has 1 aromatic rings. The van der Waals surface area contributed by atoms with Gasteiger partial charge < -0.3 is 14.6 Å². The Balaban J connectivity index is 1.98. The van der Waals surface area contributed by atoms with Gasteiger partial charge in [0.15, 0.2) is 0 Å². The molecule has 1 unspecified atom stereocenters. The molecule has 9 heteroatoms. The van der Waals surface area contributed by atoms with Crippen molar-refractivity contribution < 1.29 is 28.2 Å². The van der Waals surface area contributed by atoms with Crippen LogP contribution in [0.2, 0.25) is 5.02 Å². The van der Waals surface area contributed by atoms with Crippen LogP contribution in [-0.4, -0.2) is 73.4 Å². The van der Waals surface area contributed by atoms with Gasteiger partial charge in [-0.05, 0) is 25.2 Å². The number of rotatable bonds is 8. The normalized spacial score (nSPS) is 18.7. The molecule has 1 N–H and O–H groups in total. The summed E-state index contributed by atoms with van der Waals surface area (Å²) in [6, 6.07) is 4.55. The zero-order valence-corrected chi connectivity index (χ0v) is 14.6. The van der Waals surface area contributed by atoms with Crippen LogP contribution >= 0.6 is 11.6 Å². The highest BCUT2D eigenvalue weighted by molar-refractivity contribution is 6.30. The van der Waals surface area contributed by atoms with E-state index in [1.54, 1.807) is 18.0 Å². The minimum absolute atomic E-state index is 0.0689. The van der Waals surface area contributed by atoms with Crippen molar-refractivity contribution in [1.29, 1.82) is 0 Å². The van der Waals surface area contributed by atoms with E-state index in [1.165, 1.54) is 12.1 Å². The van der Waals surface area contributed by atoms with Gasteiger partial charge in [-0.25, -0.2) is 0 Å². The van der Waals surface area contributed by atoms with Crippen LogP contribution in [0, 0.1) is 0 Å². The molecule has 1 aliphatic heterocycles. The number of hydrogen-bond acceptors (Lipinski definition) is 5. The van der Waals surface area contributed by atoms with Crippen LogP contribution < -0.4 is 4.74 Å². The lowest BCUT2D eigenvalue weighted by Crippen LogP contribution is -2.47. The van der Waals surface area contributed by atoms with Gasteiger partial charge in [-0.2, -0.15) is 8.78 Å². The molecule has 0 radical (unpaired) electrons. The minimum atomic E-state index is -2.90. The Hall–Kier alpha value is -1.48. The average molecular weight is 379 g/mol. The summed E-state index contributed by atoms with van der Waals surface area (Å²) in [5.41, 5.74) is 0.576. The fourth-order valence-corrected chi connectivity index (χ4v) is 3.00. The number of ether oxygens (including phenoxy) is 2. The Morgan fingerprint density at radius 2 is 2.32 bits per heavy atom. The number of carboxylic acid groups (broad SMARTS) is 1. The summed E-state index contributed by atoms with van der Waals surface area (Å²) in [7, 11) is 1.71. The molecular formula is C16H21ClF2N2O4. The van der Waals surface area contributed by atoms with Crippen molar-refractivity contribution in [2.24, 2.45) is 0 Å². The second kappa shape index (κ2) is 9.28. The van der Waals surface area contributed by atoms with Crippen LogP contribution in [-0.2, 0) is 16.1 Å². The number of aliphatic carboxylic acids is 1. The van der Waals surface area contributed by atoms with Crippen LogP contribution in [0.3, 0.4) is 0 Å². The van der Waals surface area contributed by atoms with Gasteiger partial charge in [0.2, 0.25) is 0 Å². The Morgan fingerprint density at radius 3 is 3.00 bits per heavy atom. The quantitative estimate of drug-likeness (QED) is 0.748. The molecule has 0 spiro atoms. The Kier molecular flexibility index (Phi) is 7.37. The number of carboxylic acids is 1. The van der Waals surface area contributed by atoms with E-state index in [0.717, 1.165) is 0 Å². The molecule has 0 saturated carbocycles. The lowest BCUT2D eigenvalue weighted by molar-refractivity contribution is -0.138. The molecule has 0 aromatic heterocycles. The predicted octanol–water partition coefficient (Wildman–Crippen LogP) is 2.16. The van der Waals surface area contributed by atoms with Gasteiger partial charge in [-0.3, -0.25) is 14.6 Å². The first-order valence-corrected chi connectivity index (χ1v) is 8.19. The Bertz CT molecular complexity index is 591. The van der Waals surface area contributed by atoms with Crippen molar-refractivity contribution in [1.82, 2.24) is 9.80 Å². The van der Waals surface area contributed by atoms with Gasteiger partial charge in [0.1, 0.15) is 5.75 Å². The number of benzene rings is 1. The molecule has 1 aromatic carbocycles. The minimum Gasteiger partial charge on any atom is -0.480 e. The second-order valence-electron chi connectivity index (χ2n) is 5.95. The van der Waals surface area contributed by atoms with E-state index in [2.05, 4.69) is 4.74 Å². The molecule has 1 saturated heterocycles. The average Bonchev–Trinajstić information content (AvgIpc) is 2.49. The summed E-state index contributed by atoms with van der Waals surface area (Å²) in [5.74, 6) is -0.798. The highest BCUT2D eigenvalue weighted by Gasteiger charge is 2.23. The van der Waals surface area contributed by atoms with Crippen molar-refractivity contribution in [3.63, 3.8) is 0 Å². The van der Waals surface area contributed by atoms with Crippen molar-refractivity contribution in [3.8, 4) is 5.75 Å². The van der Waals surface area contributed by atoms with Crippen molar-refractivity contribution >= 4 is 17.6 Å². The highest BCUT2D eigenvalue weighted by atomic mass is 35.5. The predicted molar refractivity (Wildman–Crippen MR) is 88.2 cm³/mol. The van der Waals surface area contributed by atoms with Crippen molar-refractivity contribution in [2.45, 2.75) is 19.3 Å². The number of hydrogen-bond donors (Lipinski definition) is 1. The van der Waals surface area contributed by atoms with E-state index >= 15 is 0 Å². The second-order valence-corrected chi connectivity index (χ2v) is 6.39. The maximum Gasteiger partial charge on any atom is 0.387 e. The number of nitrogens with zero attached hydrogens (tertiary/aromatic N) is 2. The standard InChI is InChI=1S/C16H21ClF2N2O4/c1-20(10-15(22)23)8-13-9-21(4-5-24-13)7-11-6-12(17)2-3-14(11)25-16(18)19/h2-3,6,13,16H,4-5,7-10H2,1H3,(H,22,23). The largest absolute Gasteiger partial charge is 0.480 e. The monoisotopic (exact) mass is 378 g/mol. The van der Waals surface area contributed by atoms with Crippen LogP contribution in [0.25, 0.3) is 0 Å². The zero-order chi connectivity index (χ0) is 18.4. The van der Waals surface area contributed by atoms with Crippen LogP contribution in [0.1, 0.15) is 5.56 Å². The van der Waals surface area contributed by atoms with Crippen LogP contribution in [0.5, 0.6) is 5.75 Å². The van der Waals surface area contributed by atoms with Crippen LogP contribution in [0.4, 0.5) is 8.78 Å². The van der Waals surface area contributed by atoms with Gasteiger partial charge in [0.05, 0.1) is 19.3 Å². The molecule has 1 atom stereocenters. The smallest absolute Gasteiger partial charge is 0.387 e. The van der Waals surface area contributed by atoms with E-state index in [4.69, 9.17) is 21.4 Å². The summed E-state index contributed by atoms with van der Waals surface area (Å²) >= 11 is 5.97. The maximum atomic E-state index is 12.5. The molecule has 140 valence electrons. The lowest BCUT2D eigenvalue weighted by atomic mass is 10.1. The van der Waals surface area contributed by atoms with E-state index in [9.17, 15) is 13.6 Å². The van der Waals surface area contributed by atoms with Crippen LogP contribution in [0.15, 0.2) is 18.2 Å². The highest BCUT2D eigenvalue weighted by Crippen LogP contribution is 2.26. The molecule has 0 bridgehead atoms. The van der Waals surface area contributed by atoms with Crippen molar-refractivity contribution in [3.05, 3.63) is 28.8 Å².